The molecular weight excluding hydrogens is 483 g/mol. The zero-order valence-corrected chi connectivity index (χ0v) is 17.7. The van der Waals surface area contributed by atoms with Gasteiger partial charge in [0.25, 0.3) is 11.8 Å². The highest BCUT2D eigenvalue weighted by atomic mass is 79.9. The number of methoxy groups -OCH3 is 1. The SMILES string of the molecule is COc1cc(Br)cc2c1C(=O)NCC2.O=C1NCCc2cc(Br)cc(F)c21.[2HH]. The Hall–Kier alpha value is -1.93. The number of carbonyl (C=O) groups excluding carboxylic acids is 2. The van der Waals surface area contributed by atoms with Crippen LogP contribution in [0.4, 0.5) is 4.39 Å². The monoisotopic (exact) mass is 501 g/mol. The van der Waals surface area contributed by atoms with E-state index in [0.717, 1.165) is 22.0 Å². The predicted octanol–water partition coefficient (Wildman–Crippen LogP) is 3.86. The second-order valence-corrected chi connectivity index (χ2v) is 7.91. The molecule has 0 fully saturated rings. The largest absolute Gasteiger partial charge is 0.496 e. The molecule has 2 aromatic rings. The van der Waals surface area contributed by atoms with Crippen molar-refractivity contribution < 1.29 is 20.1 Å². The van der Waals surface area contributed by atoms with Gasteiger partial charge in [-0.3, -0.25) is 9.59 Å². The van der Waals surface area contributed by atoms with Crippen LogP contribution in [0.1, 0.15) is 33.3 Å². The number of hydrogen-bond acceptors (Lipinski definition) is 3. The Balaban J connectivity index is 0.000000194. The lowest BCUT2D eigenvalue weighted by Crippen LogP contribution is -2.32. The number of amides is 2. The van der Waals surface area contributed by atoms with Crippen molar-refractivity contribution >= 4 is 43.7 Å². The second kappa shape index (κ2) is 8.39. The maximum atomic E-state index is 13.3. The first-order chi connectivity index (χ1) is 12.9. The molecule has 8 heteroatoms. The Labute approximate surface area is 174 Å². The number of halogens is 3. The molecule has 0 spiro atoms. The van der Waals surface area contributed by atoms with E-state index >= 15 is 0 Å². The molecule has 0 atom stereocenters. The molecule has 2 amide bonds. The molecule has 0 aliphatic carbocycles. The van der Waals surface area contributed by atoms with Gasteiger partial charge in [0.2, 0.25) is 0 Å². The van der Waals surface area contributed by atoms with Crippen molar-refractivity contribution in [2.75, 3.05) is 20.2 Å². The average Bonchev–Trinajstić information content (AvgIpc) is 2.61. The van der Waals surface area contributed by atoms with E-state index in [-0.39, 0.29) is 18.8 Å². The standard InChI is InChI=1S/C10H10BrNO2.C9H7BrFNO.H2/c1-14-8-5-7(11)4-6-2-3-12-10(13)9(6)8;10-6-3-5-1-2-12-9(13)8(5)7(11)4-6;/h4-5H,2-3H2,1H3,(H,12,13);3-4H,1-2H2,(H,12,13);1H/i;;1+1. The summed E-state index contributed by atoms with van der Waals surface area (Å²) >= 11 is 6.58. The Morgan fingerprint density at radius 3 is 2.04 bits per heavy atom. The van der Waals surface area contributed by atoms with Crippen LogP contribution < -0.4 is 15.4 Å². The van der Waals surface area contributed by atoms with Crippen LogP contribution in [0.3, 0.4) is 0 Å². The normalized spacial score (nSPS) is 14.8. The van der Waals surface area contributed by atoms with E-state index in [0.29, 0.717) is 35.3 Å². The fourth-order valence-electron chi connectivity index (χ4n) is 3.13. The third-order valence-electron chi connectivity index (χ3n) is 4.32. The Morgan fingerprint density at radius 2 is 1.44 bits per heavy atom. The van der Waals surface area contributed by atoms with Gasteiger partial charge in [0.1, 0.15) is 11.6 Å². The van der Waals surface area contributed by atoms with E-state index in [2.05, 4.69) is 42.5 Å². The van der Waals surface area contributed by atoms with Gasteiger partial charge in [-0.25, -0.2) is 4.39 Å². The molecule has 0 bridgehead atoms. The third kappa shape index (κ3) is 4.32. The van der Waals surface area contributed by atoms with Crippen LogP contribution in [0.2, 0.25) is 0 Å². The smallest absolute Gasteiger partial charge is 0.255 e. The predicted molar refractivity (Wildman–Crippen MR) is 109 cm³/mol. The molecule has 2 aliphatic heterocycles. The van der Waals surface area contributed by atoms with Gasteiger partial charge in [-0.15, -0.1) is 0 Å². The van der Waals surface area contributed by atoms with Crippen molar-refractivity contribution in [1.29, 1.82) is 0 Å². The Bertz CT molecular complexity index is 907. The highest BCUT2D eigenvalue weighted by Gasteiger charge is 2.22. The van der Waals surface area contributed by atoms with Crippen LogP contribution in [-0.4, -0.2) is 32.0 Å². The minimum atomic E-state index is -0.457. The number of ether oxygens (including phenoxy) is 1. The van der Waals surface area contributed by atoms with E-state index in [1.807, 2.05) is 12.1 Å². The number of nitrogens with one attached hydrogen (secondary N) is 2. The van der Waals surface area contributed by atoms with Gasteiger partial charge < -0.3 is 15.4 Å². The Morgan fingerprint density at radius 1 is 0.926 bits per heavy atom. The number of rotatable bonds is 1. The summed E-state index contributed by atoms with van der Waals surface area (Å²) in [6.45, 7) is 1.28. The van der Waals surface area contributed by atoms with Gasteiger partial charge >= 0.3 is 0 Å². The fourth-order valence-corrected chi connectivity index (χ4v) is 4.09. The first kappa shape index (κ1) is 19.8. The van der Waals surface area contributed by atoms with Crippen LogP contribution in [0.5, 0.6) is 5.75 Å². The molecule has 2 aliphatic rings. The Kier molecular flexibility index (Phi) is 6.16. The lowest BCUT2D eigenvalue weighted by atomic mass is 9.99. The molecule has 144 valence electrons. The van der Waals surface area contributed by atoms with Gasteiger partial charge in [0, 0.05) is 23.5 Å². The summed E-state index contributed by atoms with van der Waals surface area (Å²) in [5, 5.41) is 5.40. The molecule has 2 aromatic carbocycles. The van der Waals surface area contributed by atoms with E-state index in [9.17, 15) is 14.0 Å². The zero-order chi connectivity index (χ0) is 19.6. The summed E-state index contributed by atoms with van der Waals surface area (Å²) in [6.07, 6.45) is 1.55. The van der Waals surface area contributed by atoms with Crippen molar-refractivity contribution in [3.05, 3.63) is 61.3 Å². The molecule has 4 rings (SSSR count). The summed E-state index contributed by atoms with van der Waals surface area (Å²) < 4.78 is 20.1. The van der Waals surface area contributed by atoms with Gasteiger partial charge in [-0.05, 0) is 48.2 Å². The molecule has 0 radical (unpaired) electrons. The lowest BCUT2D eigenvalue weighted by Gasteiger charge is -2.19. The van der Waals surface area contributed by atoms with Crippen LogP contribution >= 0.6 is 31.9 Å². The maximum Gasteiger partial charge on any atom is 0.255 e. The zero-order valence-electron chi connectivity index (χ0n) is 14.5. The van der Waals surface area contributed by atoms with Gasteiger partial charge in [-0.2, -0.15) is 0 Å². The molecule has 2 heterocycles. The van der Waals surface area contributed by atoms with Crippen molar-refractivity contribution in [3.8, 4) is 5.75 Å². The summed E-state index contributed by atoms with van der Waals surface area (Å²) in [7, 11) is 1.57. The fraction of sp³-hybridized carbons (Fsp3) is 0.263. The average molecular weight is 503 g/mol. The molecule has 0 aromatic heterocycles. The summed E-state index contributed by atoms with van der Waals surface area (Å²) in [5.74, 6) is -0.185. The number of hydrogen-bond donors (Lipinski definition) is 2. The first-order valence-corrected chi connectivity index (χ1v) is 9.90. The maximum absolute atomic E-state index is 13.3. The van der Waals surface area contributed by atoms with Crippen molar-refractivity contribution in [3.63, 3.8) is 0 Å². The molecule has 27 heavy (non-hydrogen) atoms. The summed E-state index contributed by atoms with van der Waals surface area (Å²) in [5.41, 5.74) is 2.67. The van der Waals surface area contributed by atoms with Crippen LogP contribution in [0.25, 0.3) is 0 Å². The van der Waals surface area contributed by atoms with Crippen molar-refractivity contribution in [2.24, 2.45) is 0 Å². The van der Waals surface area contributed by atoms with E-state index in [4.69, 9.17) is 4.74 Å². The third-order valence-corrected chi connectivity index (χ3v) is 5.23. The van der Waals surface area contributed by atoms with Gasteiger partial charge in [0.05, 0.1) is 18.2 Å². The molecular formula is C19H19Br2FN2O3. The second-order valence-electron chi connectivity index (χ2n) is 6.08. The van der Waals surface area contributed by atoms with E-state index in [1.165, 1.54) is 6.07 Å². The van der Waals surface area contributed by atoms with Crippen LogP contribution in [0, 0.1) is 5.82 Å². The van der Waals surface area contributed by atoms with Gasteiger partial charge in [0.15, 0.2) is 0 Å². The topological polar surface area (TPSA) is 67.4 Å². The minimum Gasteiger partial charge on any atom is -0.496 e. The molecule has 0 unspecified atom stereocenters. The number of carbonyl (C=O) groups is 2. The molecule has 5 nitrogen and oxygen atoms in total. The van der Waals surface area contributed by atoms with Gasteiger partial charge in [-0.1, -0.05) is 31.9 Å². The first-order valence-electron chi connectivity index (χ1n) is 8.31. The highest BCUT2D eigenvalue weighted by molar-refractivity contribution is 9.10. The summed E-state index contributed by atoms with van der Waals surface area (Å²) in [6, 6.07) is 6.88. The van der Waals surface area contributed by atoms with Crippen molar-refractivity contribution in [2.45, 2.75) is 12.8 Å². The quantitative estimate of drug-likeness (QED) is 0.622. The lowest BCUT2D eigenvalue weighted by molar-refractivity contribution is 0.0933. The van der Waals surface area contributed by atoms with Crippen LogP contribution in [0.15, 0.2) is 33.2 Å². The molecule has 0 saturated heterocycles. The van der Waals surface area contributed by atoms with E-state index < -0.39 is 5.82 Å². The number of fused-ring (bicyclic) bond motifs is 2. The van der Waals surface area contributed by atoms with E-state index in [1.54, 1.807) is 13.2 Å². The summed E-state index contributed by atoms with van der Waals surface area (Å²) in [4.78, 5) is 22.8. The molecule has 0 saturated carbocycles. The highest BCUT2D eigenvalue weighted by Crippen LogP contribution is 2.29. The molecule has 2 N–H and O–H groups in total. The minimum absolute atomic E-state index is 0. The van der Waals surface area contributed by atoms with Crippen LogP contribution in [-0.2, 0) is 12.8 Å². The van der Waals surface area contributed by atoms with Crippen molar-refractivity contribution in [1.82, 2.24) is 10.6 Å². The number of benzene rings is 2.